The van der Waals surface area contributed by atoms with Gasteiger partial charge in [-0.2, -0.15) is 0 Å². The van der Waals surface area contributed by atoms with Crippen molar-refractivity contribution in [2.75, 3.05) is 5.32 Å². The molecule has 19 heavy (non-hydrogen) atoms. The Labute approximate surface area is 117 Å². The Bertz CT molecular complexity index is 481. The van der Waals surface area contributed by atoms with Crippen molar-refractivity contribution < 1.29 is 22.7 Å². The number of amides is 1. The number of carbonyl (C=O) groups excluding carboxylic acids is 1. The van der Waals surface area contributed by atoms with E-state index in [0.29, 0.717) is 5.69 Å². The van der Waals surface area contributed by atoms with Crippen LogP contribution in [0.1, 0.15) is 20.8 Å². The van der Waals surface area contributed by atoms with E-state index in [1.807, 2.05) is 0 Å². The summed E-state index contributed by atoms with van der Waals surface area (Å²) >= 11 is 2.96. The molecule has 0 aromatic heterocycles. The van der Waals surface area contributed by atoms with Gasteiger partial charge in [0.05, 0.1) is 4.47 Å². The minimum Gasteiger partial charge on any atom is -0.405 e. The molecule has 1 aromatic rings. The Balaban J connectivity index is 2.86. The molecular weight excluding hydrogens is 327 g/mol. The second kappa shape index (κ2) is 5.40. The topological polar surface area (TPSA) is 38.3 Å². The molecule has 0 saturated heterocycles. The number of hydrogen-bond donors (Lipinski definition) is 1. The molecule has 1 N–H and O–H groups in total. The predicted octanol–water partition coefficient (Wildman–Crippen LogP) is 4.33. The van der Waals surface area contributed by atoms with Crippen molar-refractivity contribution in [3.8, 4) is 5.75 Å². The van der Waals surface area contributed by atoms with Gasteiger partial charge in [-0.1, -0.05) is 20.8 Å². The van der Waals surface area contributed by atoms with Crippen LogP contribution in [0.2, 0.25) is 0 Å². The highest BCUT2D eigenvalue weighted by Gasteiger charge is 2.32. The number of alkyl halides is 3. The maximum atomic E-state index is 12.1. The number of hydrogen-bond acceptors (Lipinski definition) is 2. The lowest BCUT2D eigenvalue weighted by molar-refractivity contribution is -0.274. The van der Waals surface area contributed by atoms with Crippen molar-refractivity contribution in [1.29, 1.82) is 0 Å². The number of rotatable bonds is 2. The van der Waals surface area contributed by atoms with Gasteiger partial charge >= 0.3 is 6.36 Å². The summed E-state index contributed by atoms with van der Waals surface area (Å²) in [7, 11) is 0. The molecule has 0 bridgehead atoms. The molecule has 0 unspecified atom stereocenters. The summed E-state index contributed by atoms with van der Waals surface area (Å²) in [5.41, 5.74) is -0.200. The minimum absolute atomic E-state index is 0.108. The van der Waals surface area contributed by atoms with Crippen molar-refractivity contribution in [3.63, 3.8) is 0 Å². The maximum Gasteiger partial charge on any atom is 0.573 e. The van der Waals surface area contributed by atoms with E-state index in [1.165, 1.54) is 12.1 Å². The Hall–Kier alpha value is -1.24. The zero-order valence-corrected chi connectivity index (χ0v) is 12.1. The van der Waals surface area contributed by atoms with Crippen molar-refractivity contribution in [2.45, 2.75) is 27.1 Å². The van der Waals surface area contributed by atoms with Gasteiger partial charge in [0, 0.05) is 11.1 Å². The quantitative estimate of drug-likeness (QED) is 0.870. The fraction of sp³-hybridized carbons (Fsp3) is 0.417. The number of carbonyl (C=O) groups is 1. The number of ether oxygens (including phenoxy) is 1. The normalized spacial score (nSPS) is 12.2. The molecule has 0 heterocycles. The van der Waals surface area contributed by atoms with E-state index >= 15 is 0 Å². The molecule has 106 valence electrons. The monoisotopic (exact) mass is 339 g/mol. The van der Waals surface area contributed by atoms with Crippen LogP contribution in [0.25, 0.3) is 0 Å². The van der Waals surface area contributed by atoms with Crippen molar-refractivity contribution in [1.82, 2.24) is 0 Å². The van der Waals surface area contributed by atoms with E-state index in [-0.39, 0.29) is 16.1 Å². The van der Waals surface area contributed by atoms with Crippen LogP contribution in [0.4, 0.5) is 18.9 Å². The standard InChI is InChI=1S/C12H13BrF3NO2/c1-11(2,3)10(18)17-7-4-5-9(8(13)6-7)19-12(14,15)16/h4-6H,1-3H3,(H,17,18). The molecule has 0 aliphatic heterocycles. The number of halogens is 4. The highest BCUT2D eigenvalue weighted by molar-refractivity contribution is 9.10. The largest absolute Gasteiger partial charge is 0.573 e. The van der Waals surface area contributed by atoms with Crippen LogP contribution in [0, 0.1) is 5.41 Å². The van der Waals surface area contributed by atoms with Crippen LogP contribution >= 0.6 is 15.9 Å². The van der Waals surface area contributed by atoms with E-state index in [0.717, 1.165) is 6.07 Å². The summed E-state index contributed by atoms with van der Waals surface area (Å²) in [6, 6.07) is 3.83. The third-order valence-corrected chi connectivity index (χ3v) is 2.72. The first kappa shape index (κ1) is 15.8. The molecule has 3 nitrogen and oxygen atoms in total. The second-order valence-electron chi connectivity index (χ2n) is 4.90. The number of nitrogens with one attached hydrogen (secondary N) is 1. The highest BCUT2D eigenvalue weighted by atomic mass is 79.9. The van der Waals surface area contributed by atoms with E-state index in [2.05, 4.69) is 26.0 Å². The van der Waals surface area contributed by atoms with Crippen LogP contribution in [-0.4, -0.2) is 12.3 Å². The molecule has 0 radical (unpaired) electrons. The zero-order chi connectivity index (χ0) is 14.8. The lowest BCUT2D eigenvalue weighted by atomic mass is 9.95. The molecule has 0 fully saturated rings. The van der Waals surface area contributed by atoms with Gasteiger partial charge in [0.15, 0.2) is 0 Å². The molecule has 0 saturated carbocycles. The SMILES string of the molecule is CC(C)(C)C(=O)Nc1ccc(OC(F)(F)F)c(Br)c1. The second-order valence-corrected chi connectivity index (χ2v) is 5.75. The van der Waals surface area contributed by atoms with Crippen LogP contribution < -0.4 is 10.1 Å². The van der Waals surface area contributed by atoms with E-state index in [1.54, 1.807) is 20.8 Å². The van der Waals surface area contributed by atoms with Gasteiger partial charge in [0.1, 0.15) is 5.75 Å². The first-order valence-electron chi connectivity index (χ1n) is 5.36. The van der Waals surface area contributed by atoms with Gasteiger partial charge in [-0.05, 0) is 34.1 Å². The summed E-state index contributed by atoms with van der Waals surface area (Å²) < 4.78 is 40.1. The van der Waals surface area contributed by atoms with Gasteiger partial charge in [0.25, 0.3) is 0 Å². The van der Waals surface area contributed by atoms with E-state index < -0.39 is 11.8 Å². The van der Waals surface area contributed by atoms with Crippen molar-refractivity contribution in [3.05, 3.63) is 22.7 Å². The zero-order valence-electron chi connectivity index (χ0n) is 10.6. The summed E-state index contributed by atoms with van der Waals surface area (Å²) in [6.45, 7) is 5.20. The van der Waals surface area contributed by atoms with Crippen molar-refractivity contribution >= 4 is 27.5 Å². The van der Waals surface area contributed by atoms with Crippen LogP contribution in [0.3, 0.4) is 0 Å². The van der Waals surface area contributed by atoms with Crippen LogP contribution in [0.15, 0.2) is 22.7 Å². The highest BCUT2D eigenvalue weighted by Crippen LogP contribution is 2.32. The summed E-state index contributed by atoms with van der Waals surface area (Å²) in [5, 5.41) is 2.61. The molecule has 0 atom stereocenters. The summed E-state index contributed by atoms with van der Waals surface area (Å²) in [4.78, 5) is 11.7. The predicted molar refractivity (Wildman–Crippen MR) is 68.9 cm³/mol. The molecule has 1 aromatic carbocycles. The molecule has 1 rings (SSSR count). The molecule has 1 amide bonds. The fourth-order valence-electron chi connectivity index (χ4n) is 1.10. The molecular formula is C12H13BrF3NO2. The van der Waals surface area contributed by atoms with Gasteiger partial charge in [-0.3, -0.25) is 4.79 Å². The fourth-order valence-corrected chi connectivity index (χ4v) is 1.56. The third kappa shape index (κ3) is 5.10. The summed E-state index contributed by atoms with van der Waals surface area (Å²) in [6.07, 6.45) is -4.75. The third-order valence-electron chi connectivity index (χ3n) is 2.10. The average molecular weight is 340 g/mol. The number of anilines is 1. The van der Waals surface area contributed by atoms with E-state index in [4.69, 9.17) is 0 Å². The Morgan fingerprint density at radius 2 is 1.84 bits per heavy atom. The van der Waals surface area contributed by atoms with Gasteiger partial charge in [-0.25, -0.2) is 0 Å². The number of benzene rings is 1. The first-order valence-corrected chi connectivity index (χ1v) is 6.15. The Kier molecular flexibility index (Phi) is 4.50. The molecule has 0 spiro atoms. The Morgan fingerprint density at radius 1 is 1.26 bits per heavy atom. The van der Waals surface area contributed by atoms with Crippen molar-refractivity contribution in [2.24, 2.45) is 5.41 Å². The van der Waals surface area contributed by atoms with Crippen LogP contribution in [0.5, 0.6) is 5.75 Å². The van der Waals surface area contributed by atoms with Gasteiger partial charge in [0.2, 0.25) is 5.91 Å². The molecule has 0 aliphatic carbocycles. The molecule has 0 aliphatic rings. The minimum atomic E-state index is -4.75. The van der Waals surface area contributed by atoms with Gasteiger partial charge < -0.3 is 10.1 Å². The van der Waals surface area contributed by atoms with E-state index in [9.17, 15) is 18.0 Å². The lowest BCUT2D eigenvalue weighted by Gasteiger charge is -2.18. The first-order chi connectivity index (χ1) is 8.49. The average Bonchev–Trinajstić information content (AvgIpc) is 2.19. The van der Waals surface area contributed by atoms with Gasteiger partial charge in [-0.15, -0.1) is 13.2 Å². The Morgan fingerprint density at radius 3 is 2.26 bits per heavy atom. The smallest absolute Gasteiger partial charge is 0.405 e. The summed E-state index contributed by atoms with van der Waals surface area (Å²) in [5.74, 6) is -0.592. The maximum absolute atomic E-state index is 12.1. The van der Waals surface area contributed by atoms with Crippen LogP contribution in [-0.2, 0) is 4.79 Å². The molecule has 7 heteroatoms. The lowest BCUT2D eigenvalue weighted by Crippen LogP contribution is -2.27.